The molecule has 1 unspecified atom stereocenters. The molecule has 1 atom stereocenters. The van der Waals surface area contributed by atoms with Gasteiger partial charge in [0.15, 0.2) is 15.6 Å². The maximum absolute atomic E-state index is 12.8. The minimum Gasteiger partial charge on any atom is -0.398 e. The molecule has 0 aliphatic heterocycles. The quantitative estimate of drug-likeness (QED) is 0.344. The Morgan fingerprint density at radius 2 is 1.57 bits per heavy atom. The number of anilines is 1. The number of thioether (sulfide) groups is 1. The van der Waals surface area contributed by atoms with Gasteiger partial charge in [0, 0.05) is 34.1 Å². The van der Waals surface area contributed by atoms with Crippen LogP contribution in [0.4, 0.5) is 5.69 Å². The zero-order chi connectivity index (χ0) is 20.1. The van der Waals surface area contributed by atoms with Crippen LogP contribution < -0.4 is 5.73 Å². The van der Waals surface area contributed by atoms with Crippen molar-refractivity contribution in [2.75, 3.05) is 12.0 Å². The van der Waals surface area contributed by atoms with Crippen molar-refractivity contribution in [3.63, 3.8) is 0 Å². The fraction of sp³-hybridized carbons (Fsp3) is 0.136. The lowest BCUT2D eigenvalue weighted by molar-refractivity contribution is 0.0982. The summed E-state index contributed by atoms with van der Waals surface area (Å²) in [6.07, 6.45) is 1.45. The Hall–Kier alpha value is -2.57. The number of carbonyl (C=O) groups is 1. The summed E-state index contributed by atoms with van der Waals surface area (Å²) in [5.74, 6) is 0.0276. The predicted molar refractivity (Wildman–Crippen MR) is 114 cm³/mol. The molecule has 0 aliphatic rings. The van der Waals surface area contributed by atoms with E-state index in [9.17, 15) is 13.2 Å². The van der Waals surface area contributed by atoms with Gasteiger partial charge in [-0.3, -0.25) is 4.79 Å². The molecular weight excluding hydrogens is 390 g/mol. The second kappa shape index (κ2) is 8.63. The van der Waals surface area contributed by atoms with Crippen LogP contribution in [0, 0.1) is 0 Å². The Morgan fingerprint density at radius 3 is 2.18 bits per heavy atom. The molecule has 0 bridgehead atoms. The Balaban J connectivity index is 1.94. The molecule has 0 fully saturated rings. The summed E-state index contributed by atoms with van der Waals surface area (Å²) in [6, 6.07) is 23.5. The van der Waals surface area contributed by atoms with Gasteiger partial charge in [-0.05, 0) is 23.8 Å². The standard InChI is InChI=1S/C22H21NO3S2/c1-28(25,26)18-12-13-19(23)22(14-18)27-21(17-10-6-3-7-11-17)15-20(24)16-8-4-2-5-9-16/h2-14,21H,15,23H2,1H3. The third-order valence-electron chi connectivity index (χ3n) is 4.32. The van der Waals surface area contributed by atoms with Gasteiger partial charge in [0.2, 0.25) is 0 Å². The molecular formula is C22H21NO3S2. The van der Waals surface area contributed by atoms with Crippen LogP contribution in [0.25, 0.3) is 0 Å². The van der Waals surface area contributed by atoms with Gasteiger partial charge in [0.25, 0.3) is 0 Å². The van der Waals surface area contributed by atoms with Gasteiger partial charge in [0.1, 0.15) is 0 Å². The summed E-state index contributed by atoms with van der Waals surface area (Å²) in [5, 5.41) is -0.189. The number of nitrogen functional groups attached to an aromatic ring is 1. The molecule has 0 aliphatic carbocycles. The second-order valence-electron chi connectivity index (χ2n) is 6.48. The summed E-state index contributed by atoms with van der Waals surface area (Å²) >= 11 is 1.41. The number of Topliss-reactive ketones (excluding diaryl/α,β-unsaturated/α-hetero) is 1. The number of sulfone groups is 1. The van der Waals surface area contributed by atoms with Gasteiger partial charge >= 0.3 is 0 Å². The van der Waals surface area contributed by atoms with Crippen molar-refractivity contribution < 1.29 is 13.2 Å². The first kappa shape index (κ1) is 20.2. The molecule has 2 N–H and O–H groups in total. The lowest BCUT2D eigenvalue weighted by Crippen LogP contribution is -2.06. The Kier molecular flexibility index (Phi) is 6.21. The third kappa shape index (κ3) is 5.03. The van der Waals surface area contributed by atoms with Crippen LogP contribution in [0.5, 0.6) is 0 Å². The SMILES string of the molecule is CS(=O)(=O)c1ccc(N)c(SC(CC(=O)c2ccccc2)c2ccccc2)c1. The van der Waals surface area contributed by atoms with Gasteiger partial charge in [-0.1, -0.05) is 60.7 Å². The van der Waals surface area contributed by atoms with Crippen LogP contribution in [-0.2, 0) is 9.84 Å². The van der Waals surface area contributed by atoms with E-state index in [1.807, 2.05) is 48.5 Å². The van der Waals surface area contributed by atoms with Crippen molar-refractivity contribution in [1.29, 1.82) is 0 Å². The zero-order valence-electron chi connectivity index (χ0n) is 15.4. The van der Waals surface area contributed by atoms with E-state index < -0.39 is 9.84 Å². The fourth-order valence-electron chi connectivity index (χ4n) is 2.81. The molecule has 3 aromatic rings. The van der Waals surface area contributed by atoms with Crippen LogP contribution in [-0.4, -0.2) is 20.5 Å². The number of rotatable bonds is 7. The lowest BCUT2D eigenvalue weighted by atomic mass is 10.0. The predicted octanol–water partition coefficient (Wildman–Crippen LogP) is 4.78. The maximum atomic E-state index is 12.8. The third-order valence-corrected chi connectivity index (χ3v) is 6.76. The molecule has 0 aromatic heterocycles. The highest BCUT2D eigenvalue weighted by Crippen LogP contribution is 2.41. The molecule has 0 heterocycles. The first-order valence-corrected chi connectivity index (χ1v) is 11.5. The Bertz CT molecular complexity index is 1070. The van der Waals surface area contributed by atoms with Crippen LogP contribution in [0.2, 0.25) is 0 Å². The van der Waals surface area contributed by atoms with E-state index in [0.717, 1.165) is 5.56 Å². The van der Waals surface area contributed by atoms with Crippen LogP contribution in [0.1, 0.15) is 27.6 Å². The highest BCUT2D eigenvalue weighted by molar-refractivity contribution is 7.99. The van der Waals surface area contributed by atoms with Gasteiger partial charge in [0.05, 0.1) is 4.90 Å². The van der Waals surface area contributed by atoms with E-state index in [-0.39, 0.29) is 22.3 Å². The summed E-state index contributed by atoms with van der Waals surface area (Å²) in [6.45, 7) is 0. The van der Waals surface area contributed by atoms with Crippen molar-refractivity contribution in [2.24, 2.45) is 0 Å². The molecule has 144 valence electrons. The van der Waals surface area contributed by atoms with E-state index in [1.54, 1.807) is 24.3 Å². The van der Waals surface area contributed by atoms with Gasteiger partial charge in [-0.2, -0.15) is 0 Å². The second-order valence-corrected chi connectivity index (χ2v) is 9.74. The van der Waals surface area contributed by atoms with E-state index in [1.165, 1.54) is 24.1 Å². The molecule has 0 saturated carbocycles. The molecule has 0 spiro atoms. The van der Waals surface area contributed by atoms with Crippen molar-refractivity contribution in [3.8, 4) is 0 Å². The average molecular weight is 412 g/mol. The summed E-state index contributed by atoms with van der Waals surface area (Å²) in [7, 11) is -3.34. The maximum Gasteiger partial charge on any atom is 0.175 e. The van der Waals surface area contributed by atoms with Gasteiger partial charge in [-0.25, -0.2) is 8.42 Å². The van der Waals surface area contributed by atoms with Crippen molar-refractivity contribution in [1.82, 2.24) is 0 Å². The summed E-state index contributed by atoms with van der Waals surface area (Å²) < 4.78 is 23.8. The zero-order valence-corrected chi connectivity index (χ0v) is 17.0. The first-order valence-electron chi connectivity index (χ1n) is 8.74. The van der Waals surface area contributed by atoms with Crippen LogP contribution in [0.15, 0.2) is 88.7 Å². The number of nitrogens with two attached hydrogens (primary N) is 1. The van der Waals surface area contributed by atoms with E-state index in [2.05, 4.69) is 0 Å². The number of hydrogen-bond acceptors (Lipinski definition) is 5. The molecule has 0 radical (unpaired) electrons. The molecule has 28 heavy (non-hydrogen) atoms. The molecule has 0 saturated heterocycles. The molecule has 4 nitrogen and oxygen atoms in total. The molecule has 3 rings (SSSR count). The Morgan fingerprint density at radius 1 is 0.964 bits per heavy atom. The monoisotopic (exact) mass is 411 g/mol. The van der Waals surface area contributed by atoms with E-state index in [4.69, 9.17) is 5.73 Å². The highest BCUT2D eigenvalue weighted by atomic mass is 32.2. The van der Waals surface area contributed by atoms with Crippen LogP contribution >= 0.6 is 11.8 Å². The van der Waals surface area contributed by atoms with Crippen molar-refractivity contribution >= 4 is 33.1 Å². The minimum absolute atomic E-state index is 0.0276. The van der Waals surface area contributed by atoms with Crippen LogP contribution in [0.3, 0.4) is 0 Å². The Labute approximate surface area is 169 Å². The number of hydrogen-bond donors (Lipinski definition) is 1. The minimum atomic E-state index is -3.34. The van der Waals surface area contributed by atoms with Gasteiger partial charge in [-0.15, -0.1) is 11.8 Å². The summed E-state index contributed by atoms with van der Waals surface area (Å²) in [5.41, 5.74) is 8.23. The van der Waals surface area contributed by atoms with E-state index in [0.29, 0.717) is 16.1 Å². The normalized spacial score (nSPS) is 12.5. The van der Waals surface area contributed by atoms with Crippen molar-refractivity contribution in [2.45, 2.75) is 21.5 Å². The van der Waals surface area contributed by atoms with Crippen molar-refractivity contribution in [3.05, 3.63) is 90.0 Å². The lowest BCUT2D eigenvalue weighted by Gasteiger charge is -2.18. The number of ketones is 1. The molecule has 6 heteroatoms. The average Bonchev–Trinajstić information content (AvgIpc) is 2.69. The summed E-state index contributed by atoms with van der Waals surface area (Å²) in [4.78, 5) is 13.7. The first-order chi connectivity index (χ1) is 13.3. The van der Waals surface area contributed by atoms with Gasteiger partial charge < -0.3 is 5.73 Å². The largest absolute Gasteiger partial charge is 0.398 e. The molecule has 3 aromatic carbocycles. The molecule has 0 amide bonds. The number of benzene rings is 3. The number of carbonyl (C=O) groups excluding carboxylic acids is 1. The topological polar surface area (TPSA) is 77.2 Å². The fourth-order valence-corrected chi connectivity index (χ4v) is 4.76. The smallest absolute Gasteiger partial charge is 0.175 e. The highest BCUT2D eigenvalue weighted by Gasteiger charge is 2.20. The van der Waals surface area contributed by atoms with E-state index >= 15 is 0 Å².